The Balaban J connectivity index is 3.36. The molecule has 0 aromatic heterocycles. The van der Waals surface area contributed by atoms with Gasteiger partial charge in [0.1, 0.15) is 11.6 Å². The molecule has 0 fully saturated rings. The second-order valence-electron chi connectivity index (χ2n) is 5.03. The Bertz CT molecular complexity index is 425. The lowest BCUT2D eigenvalue weighted by Crippen LogP contribution is -2.57. The zero-order valence-electron chi connectivity index (χ0n) is 12.8. The molecule has 0 aromatic rings. The Morgan fingerprint density at radius 1 is 1.30 bits per heavy atom. The summed E-state index contributed by atoms with van der Waals surface area (Å²) >= 11 is 1.48. The van der Waals surface area contributed by atoms with Crippen molar-refractivity contribution in [2.75, 3.05) is 34.6 Å². The third-order valence-electron chi connectivity index (χ3n) is 3.84. The molecule has 3 atom stereocenters. The molecule has 1 heterocycles. The molecule has 6 nitrogen and oxygen atoms in total. The maximum atomic E-state index is 12.2. The predicted octanol–water partition coefficient (Wildman–Crippen LogP) is 1.01. The summed E-state index contributed by atoms with van der Waals surface area (Å²) in [6, 6.07) is 0. The van der Waals surface area contributed by atoms with Crippen LogP contribution in [0, 0.1) is 11.8 Å². The zero-order valence-corrected chi connectivity index (χ0v) is 13.6. The number of thioether (sulfide) groups is 1. The average Bonchev–Trinajstić information content (AvgIpc) is 2.44. The van der Waals surface area contributed by atoms with E-state index in [1.807, 2.05) is 32.2 Å². The van der Waals surface area contributed by atoms with E-state index in [-0.39, 0.29) is 0 Å². The third kappa shape index (κ3) is 2.98. The van der Waals surface area contributed by atoms with E-state index in [0.717, 1.165) is 5.04 Å². The van der Waals surface area contributed by atoms with Crippen LogP contribution in [0.2, 0.25) is 0 Å². The highest BCUT2D eigenvalue weighted by atomic mass is 32.2. The molecule has 114 valence electrons. The summed E-state index contributed by atoms with van der Waals surface area (Å²) in [6.45, 7) is 1.83. The second-order valence-corrected chi connectivity index (χ2v) is 5.91. The highest BCUT2D eigenvalue weighted by Crippen LogP contribution is 2.40. The molecule has 0 unspecified atom stereocenters. The van der Waals surface area contributed by atoms with Gasteiger partial charge in [-0.05, 0) is 27.3 Å². The molecule has 1 rings (SSSR count). The van der Waals surface area contributed by atoms with Gasteiger partial charge in [-0.15, -0.1) is 11.8 Å². The number of aliphatic imine (C=N–C) groups is 1. The lowest BCUT2D eigenvalue weighted by Gasteiger charge is -2.44. The number of esters is 2. The van der Waals surface area contributed by atoms with Crippen LogP contribution < -0.4 is 0 Å². The fourth-order valence-corrected chi connectivity index (χ4v) is 3.07. The number of rotatable bonds is 3. The Kier molecular flexibility index (Phi) is 5.59. The SMILES string of the molecule is COC(=O)[C@@H]1CC(SC)=N[C@](C)(N(C)C)[C@H]1C(=O)OC. The molecular weight excluding hydrogens is 280 g/mol. The molecule has 0 aliphatic carbocycles. The maximum absolute atomic E-state index is 12.2. The van der Waals surface area contributed by atoms with Gasteiger partial charge in [0.05, 0.1) is 25.2 Å². The van der Waals surface area contributed by atoms with Crippen molar-refractivity contribution in [1.29, 1.82) is 0 Å². The van der Waals surface area contributed by atoms with E-state index in [9.17, 15) is 9.59 Å². The van der Waals surface area contributed by atoms with Crippen LogP contribution in [0.5, 0.6) is 0 Å². The fourth-order valence-electron chi connectivity index (χ4n) is 2.45. The van der Waals surface area contributed by atoms with Gasteiger partial charge in [0, 0.05) is 6.42 Å². The van der Waals surface area contributed by atoms with Crippen molar-refractivity contribution in [3.8, 4) is 0 Å². The normalized spacial score (nSPS) is 29.9. The van der Waals surface area contributed by atoms with E-state index in [2.05, 4.69) is 4.99 Å². The highest BCUT2D eigenvalue weighted by molar-refractivity contribution is 8.13. The summed E-state index contributed by atoms with van der Waals surface area (Å²) in [4.78, 5) is 30.7. The van der Waals surface area contributed by atoms with Crippen LogP contribution in [0.1, 0.15) is 13.3 Å². The lowest BCUT2D eigenvalue weighted by molar-refractivity contribution is -0.164. The van der Waals surface area contributed by atoms with Gasteiger partial charge in [0.2, 0.25) is 0 Å². The average molecular weight is 302 g/mol. The minimum Gasteiger partial charge on any atom is -0.469 e. The molecule has 0 saturated heterocycles. The van der Waals surface area contributed by atoms with Crippen LogP contribution in [0.4, 0.5) is 0 Å². The zero-order chi connectivity index (χ0) is 15.5. The number of carbonyl (C=O) groups is 2. The first kappa shape index (κ1) is 17.0. The van der Waals surface area contributed by atoms with Crippen LogP contribution in [-0.4, -0.2) is 62.1 Å². The van der Waals surface area contributed by atoms with E-state index in [1.165, 1.54) is 26.0 Å². The van der Waals surface area contributed by atoms with Crippen LogP contribution >= 0.6 is 11.8 Å². The minimum atomic E-state index is -0.831. The van der Waals surface area contributed by atoms with Crippen molar-refractivity contribution in [3.05, 3.63) is 0 Å². The minimum absolute atomic E-state index is 0.400. The van der Waals surface area contributed by atoms with Gasteiger partial charge < -0.3 is 9.47 Å². The van der Waals surface area contributed by atoms with Gasteiger partial charge in [-0.3, -0.25) is 19.5 Å². The number of methoxy groups -OCH3 is 2. The first-order valence-electron chi connectivity index (χ1n) is 6.27. The molecule has 20 heavy (non-hydrogen) atoms. The Hall–Kier alpha value is -1.08. The molecule has 0 bridgehead atoms. The van der Waals surface area contributed by atoms with Crippen molar-refractivity contribution in [2.45, 2.75) is 19.0 Å². The Labute approximate surface area is 123 Å². The molecular formula is C13H22N2O4S. The van der Waals surface area contributed by atoms with E-state index >= 15 is 0 Å². The topological polar surface area (TPSA) is 68.2 Å². The highest BCUT2D eigenvalue weighted by Gasteiger charge is 2.52. The lowest BCUT2D eigenvalue weighted by atomic mass is 9.77. The van der Waals surface area contributed by atoms with E-state index in [0.29, 0.717) is 6.42 Å². The molecule has 0 aromatic carbocycles. The smallest absolute Gasteiger partial charge is 0.313 e. The number of ether oxygens (including phenoxy) is 2. The summed E-state index contributed by atoms with van der Waals surface area (Å²) in [6.07, 6.45) is 2.30. The largest absolute Gasteiger partial charge is 0.469 e. The summed E-state index contributed by atoms with van der Waals surface area (Å²) < 4.78 is 9.73. The van der Waals surface area contributed by atoms with Crippen LogP contribution in [-0.2, 0) is 19.1 Å². The molecule has 0 saturated carbocycles. The standard InChI is InChI=1S/C13H22N2O4S/c1-13(15(2)3)10(12(17)19-5)8(11(16)18-4)7-9(14-13)20-6/h8,10H,7H2,1-6H3/t8-,10-,13-/m1/s1. The molecule has 0 spiro atoms. The molecule has 0 N–H and O–H groups in total. The molecule has 1 aliphatic rings. The quantitative estimate of drug-likeness (QED) is 0.725. The number of carbonyl (C=O) groups excluding carboxylic acids is 2. The van der Waals surface area contributed by atoms with Crippen molar-refractivity contribution >= 4 is 28.7 Å². The van der Waals surface area contributed by atoms with Gasteiger partial charge >= 0.3 is 11.9 Å². The van der Waals surface area contributed by atoms with Crippen molar-refractivity contribution < 1.29 is 19.1 Å². The van der Waals surface area contributed by atoms with Gasteiger partial charge in [-0.1, -0.05) is 0 Å². The number of hydrogen-bond acceptors (Lipinski definition) is 7. The van der Waals surface area contributed by atoms with E-state index in [1.54, 1.807) is 0 Å². The van der Waals surface area contributed by atoms with Crippen LogP contribution in [0.15, 0.2) is 4.99 Å². The number of nitrogens with zero attached hydrogens (tertiary/aromatic N) is 2. The van der Waals surface area contributed by atoms with Gasteiger partial charge in [0.15, 0.2) is 0 Å². The van der Waals surface area contributed by atoms with Crippen LogP contribution in [0.25, 0.3) is 0 Å². The first-order chi connectivity index (χ1) is 9.31. The molecule has 7 heteroatoms. The summed E-state index contributed by atoms with van der Waals surface area (Å²) in [5.41, 5.74) is -0.831. The predicted molar refractivity (Wildman–Crippen MR) is 78.7 cm³/mol. The summed E-state index contributed by atoms with van der Waals surface area (Å²) in [7, 11) is 6.31. The summed E-state index contributed by atoms with van der Waals surface area (Å²) in [5.74, 6) is -2.12. The molecule has 0 amide bonds. The van der Waals surface area contributed by atoms with Crippen molar-refractivity contribution in [1.82, 2.24) is 4.90 Å². The monoisotopic (exact) mass is 302 g/mol. The van der Waals surface area contributed by atoms with Gasteiger partial charge in [-0.25, -0.2) is 0 Å². The Morgan fingerprint density at radius 3 is 2.25 bits per heavy atom. The summed E-state index contributed by atoms with van der Waals surface area (Å²) in [5, 5.41) is 0.830. The van der Waals surface area contributed by atoms with E-state index in [4.69, 9.17) is 9.47 Å². The van der Waals surface area contributed by atoms with Crippen LogP contribution in [0.3, 0.4) is 0 Å². The van der Waals surface area contributed by atoms with E-state index < -0.39 is 29.4 Å². The molecule has 1 aliphatic heterocycles. The van der Waals surface area contributed by atoms with Crippen molar-refractivity contribution in [3.63, 3.8) is 0 Å². The van der Waals surface area contributed by atoms with Gasteiger partial charge in [-0.2, -0.15) is 0 Å². The Morgan fingerprint density at radius 2 is 1.85 bits per heavy atom. The maximum Gasteiger partial charge on any atom is 0.313 e. The first-order valence-corrected chi connectivity index (χ1v) is 7.50. The van der Waals surface area contributed by atoms with Gasteiger partial charge in [0.25, 0.3) is 0 Å². The fraction of sp³-hybridized carbons (Fsp3) is 0.769. The number of hydrogen-bond donors (Lipinski definition) is 0. The second kappa shape index (κ2) is 6.58. The van der Waals surface area contributed by atoms with Crippen molar-refractivity contribution in [2.24, 2.45) is 16.8 Å². The third-order valence-corrected chi connectivity index (χ3v) is 4.57. The molecule has 0 radical (unpaired) electrons.